The first-order chi connectivity index (χ1) is 22.3. The third-order valence-corrected chi connectivity index (χ3v) is 8.85. The normalized spacial score (nSPS) is 11.7. The Morgan fingerprint density at radius 2 is 1.48 bits per heavy atom. The molecular weight excluding hydrogens is 642 g/mol. The number of anilines is 2. The van der Waals surface area contributed by atoms with Gasteiger partial charge in [-0.15, -0.1) is 11.8 Å². The number of nitrogens with one attached hydrogen (secondary N) is 3. The van der Waals surface area contributed by atoms with Gasteiger partial charge < -0.3 is 21.1 Å². The molecular formula is C35H26ClN3O5S2. The van der Waals surface area contributed by atoms with Crippen LogP contribution in [0.15, 0.2) is 131 Å². The van der Waals surface area contributed by atoms with Crippen LogP contribution in [0.3, 0.4) is 0 Å². The number of thioether (sulfide) groups is 1. The number of carboxylic acids is 1. The molecule has 0 aliphatic carbocycles. The van der Waals surface area contributed by atoms with Gasteiger partial charge >= 0.3 is 5.97 Å². The zero-order valence-electron chi connectivity index (χ0n) is 24.0. The second-order valence-electron chi connectivity index (χ2n) is 9.81. The van der Waals surface area contributed by atoms with Gasteiger partial charge in [-0.3, -0.25) is 14.4 Å². The van der Waals surface area contributed by atoms with Gasteiger partial charge in [0.05, 0.1) is 10.6 Å². The number of carbonyl (C=O) groups excluding carboxylic acids is 3. The zero-order valence-corrected chi connectivity index (χ0v) is 26.4. The Kier molecular flexibility index (Phi) is 10.7. The minimum atomic E-state index is -1.20. The van der Waals surface area contributed by atoms with Crippen molar-refractivity contribution in [3.63, 3.8) is 0 Å². The van der Waals surface area contributed by atoms with E-state index in [1.165, 1.54) is 35.2 Å². The highest BCUT2D eigenvalue weighted by molar-refractivity contribution is 8.00. The highest BCUT2D eigenvalue weighted by Crippen LogP contribution is 2.37. The number of thiophene rings is 1. The summed E-state index contributed by atoms with van der Waals surface area (Å²) in [4.78, 5) is 51.9. The smallest absolute Gasteiger partial charge is 0.337 e. The number of amides is 3. The first kappa shape index (κ1) is 32.2. The van der Waals surface area contributed by atoms with Crippen LogP contribution in [-0.2, 0) is 9.59 Å². The molecule has 1 aromatic heterocycles. The van der Waals surface area contributed by atoms with Crippen LogP contribution >= 0.6 is 34.7 Å². The molecule has 0 saturated carbocycles. The Balaban J connectivity index is 1.31. The second kappa shape index (κ2) is 15.2. The molecule has 0 aliphatic rings. The molecule has 0 saturated heterocycles. The van der Waals surface area contributed by atoms with Gasteiger partial charge in [-0.2, -0.15) is 11.3 Å². The van der Waals surface area contributed by atoms with Crippen molar-refractivity contribution in [1.82, 2.24) is 5.32 Å². The molecule has 8 nitrogen and oxygen atoms in total. The van der Waals surface area contributed by atoms with Gasteiger partial charge in [0.15, 0.2) is 0 Å². The maximum Gasteiger partial charge on any atom is 0.337 e. The van der Waals surface area contributed by atoms with Gasteiger partial charge in [0, 0.05) is 21.8 Å². The maximum absolute atomic E-state index is 13.5. The zero-order chi connectivity index (χ0) is 32.5. The second-order valence-corrected chi connectivity index (χ2v) is 12.2. The lowest BCUT2D eigenvalue weighted by molar-refractivity contribution is -0.116. The number of hydrogen-bond acceptors (Lipinski definition) is 6. The predicted octanol–water partition coefficient (Wildman–Crippen LogP) is 7.98. The van der Waals surface area contributed by atoms with E-state index in [-0.39, 0.29) is 22.2 Å². The largest absolute Gasteiger partial charge is 0.478 e. The summed E-state index contributed by atoms with van der Waals surface area (Å²) < 4.78 is 0. The molecule has 0 fully saturated rings. The monoisotopic (exact) mass is 667 g/mol. The summed E-state index contributed by atoms with van der Waals surface area (Å²) in [6, 6.07) is 30.9. The summed E-state index contributed by atoms with van der Waals surface area (Å²) in [5.74, 6) is -2.47. The Hall–Kier alpha value is -5.16. The molecule has 4 N–H and O–H groups in total. The minimum Gasteiger partial charge on any atom is -0.478 e. The van der Waals surface area contributed by atoms with Crippen LogP contribution in [0.2, 0.25) is 5.02 Å². The van der Waals surface area contributed by atoms with E-state index in [9.17, 15) is 24.3 Å². The fraction of sp³-hybridized carbons (Fsp3) is 0.0286. The van der Waals surface area contributed by atoms with Crippen LogP contribution in [0.25, 0.3) is 6.08 Å². The first-order valence-corrected chi connectivity index (χ1v) is 16.0. The van der Waals surface area contributed by atoms with Crippen molar-refractivity contribution < 1.29 is 24.3 Å². The van der Waals surface area contributed by atoms with Gasteiger partial charge in [-0.25, -0.2) is 4.79 Å². The molecule has 0 spiro atoms. The standard InChI is InChI=1S/C35H26ClN3O5S2/c36-29-16-13-26(20-28(29)35(43)44)38-34(42)31(23-7-3-1-4-8-23)46-27-14-11-25(12-15-27)37-33(41)30(19-22-17-18-45-21-22)39-32(40)24-9-5-2-6-10-24/h1-21,31H,(H,37,41)(H,38,42)(H,39,40)(H,43,44)/b30-19-. The van der Waals surface area contributed by atoms with E-state index in [4.69, 9.17) is 11.6 Å². The number of aromatic carboxylic acids is 1. The third-order valence-electron chi connectivity index (χ3n) is 6.55. The summed E-state index contributed by atoms with van der Waals surface area (Å²) in [6.45, 7) is 0. The molecule has 230 valence electrons. The van der Waals surface area contributed by atoms with Crippen molar-refractivity contribution in [3.05, 3.63) is 153 Å². The lowest BCUT2D eigenvalue weighted by Crippen LogP contribution is -2.30. The first-order valence-electron chi connectivity index (χ1n) is 13.8. The summed E-state index contributed by atoms with van der Waals surface area (Å²) in [6.07, 6.45) is 1.61. The van der Waals surface area contributed by atoms with Crippen molar-refractivity contribution in [2.45, 2.75) is 10.1 Å². The van der Waals surface area contributed by atoms with E-state index < -0.39 is 23.0 Å². The Morgan fingerprint density at radius 3 is 2.13 bits per heavy atom. The van der Waals surface area contributed by atoms with Crippen LogP contribution in [0.1, 0.15) is 37.1 Å². The van der Waals surface area contributed by atoms with E-state index in [0.717, 1.165) is 16.0 Å². The number of benzene rings is 4. The highest BCUT2D eigenvalue weighted by Gasteiger charge is 2.23. The van der Waals surface area contributed by atoms with E-state index in [0.29, 0.717) is 16.9 Å². The molecule has 0 radical (unpaired) electrons. The van der Waals surface area contributed by atoms with Gasteiger partial charge in [0.2, 0.25) is 5.91 Å². The number of carboxylic acid groups (broad SMARTS) is 1. The molecule has 5 rings (SSSR count). The molecule has 46 heavy (non-hydrogen) atoms. The molecule has 0 aliphatic heterocycles. The molecule has 1 atom stereocenters. The van der Waals surface area contributed by atoms with Crippen LogP contribution < -0.4 is 16.0 Å². The van der Waals surface area contributed by atoms with Gasteiger partial charge in [0.1, 0.15) is 10.9 Å². The number of carbonyl (C=O) groups is 4. The van der Waals surface area contributed by atoms with Crippen molar-refractivity contribution in [1.29, 1.82) is 0 Å². The van der Waals surface area contributed by atoms with Crippen molar-refractivity contribution >= 4 is 75.8 Å². The van der Waals surface area contributed by atoms with E-state index in [2.05, 4.69) is 16.0 Å². The Bertz CT molecular complexity index is 1880. The van der Waals surface area contributed by atoms with Gasteiger partial charge in [-0.1, -0.05) is 60.1 Å². The van der Waals surface area contributed by atoms with Crippen molar-refractivity contribution in [2.75, 3.05) is 10.6 Å². The Labute approximate surface area is 278 Å². The molecule has 3 amide bonds. The Morgan fingerprint density at radius 1 is 0.804 bits per heavy atom. The van der Waals surface area contributed by atoms with Crippen LogP contribution in [-0.4, -0.2) is 28.8 Å². The molecule has 0 bridgehead atoms. The quantitative estimate of drug-likeness (QED) is 0.0836. The van der Waals surface area contributed by atoms with Crippen molar-refractivity contribution in [2.24, 2.45) is 0 Å². The SMILES string of the molecule is O=C(Nc1ccc(SC(C(=O)Nc2ccc(Cl)c(C(=O)O)c2)c2ccccc2)cc1)/C(=C/c1ccsc1)NC(=O)c1ccccc1. The summed E-state index contributed by atoms with van der Waals surface area (Å²) in [5, 5.41) is 20.9. The fourth-order valence-corrected chi connectivity index (χ4v) is 6.13. The maximum atomic E-state index is 13.5. The van der Waals surface area contributed by atoms with E-state index in [1.807, 2.05) is 47.2 Å². The molecule has 1 heterocycles. The average molecular weight is 668 g/mol. The highest BCUT2D eigenvalue weighted by atomic mass is 35.5. The number of rotatable bonds is 11. The lowest BCUT2D eigenvalue weighted by Gasteiger charge is -2.18. The molecule has 4 aromatic carbocycles. The molecule has 1 unspecified atom stereocenters. The van der Waals surface area contributed by atoms with Crippen LogP contribution in [0.5, 0.6) is 0 Å². The topological polar surface area (TPSA) is 125 Å². The van der Waals surface area contributed by atoms with Gasteiger partial charge in [0.25, 0.3) is 11.8 Å². The average Bonchev–Trinajstić information content (AvgIpc) is 3.59. The van der Waals surface area contributed by atoms with Gasteiger partial charge in [-0.05, 0) is 88.6 Å². The molecule has 5 aromatic rings. The van der Waals surface area contributed by atoms with Crippen LogP contribution in [0.4, 0.5) is 11.4 Å². The van der Waals surface area contributed by atoms with Crippen molar-refractivity contribution in [3.8, 4) is 0 Å². The predicted molar refractivity (Wildman–Crippen MR) is 183 cm³/mol. The molecule has 11 heteroatoms. The minimum absolute atomic E-state index is 0.0688. The fourth-order valence-electron chi connectivity index (χ4n) is 4.29. The van der Waals surface area contributed by atoms with Crippen LogP contribution in [0, 0.1) is 0 Å². The number of hydrogen-bond donors (Lipinski definition) is 4. The number of halogens is 1. The van der Waals surface area contributed by atoms with E-state index in [1.54, 1.807) is 66.7 Å². The summed E-state index contributed by atoms with van der Waals surface area (Å²) in [7, 11) is 0. The summed E-state index contributed by atoms with van der Waals surface area (Å²) >= 11 is 8.75. The summed E-state index contributed by atoms with van der Waals surface area (Å²) in [5.41, 5.74) is 2.70. The van der Waals surface area contributed by atoms with E-state index >= 15 is 0 Å². The lowest BCUT2D eigenvalue weighted by atomic mass is 10.1. The third kappa shape index (κ3) is 8.51.